The van der Waals surface area contributed by atoms with Crippen LogP contribution in [0.1, 0.15) is 12.8 Å². The van der Waals surface area contributed by atoms with Crippen molar-refractivity contribution in [2.24, 2.45) is 11.7 Å². The van der Waals surface area contributed by atoms with E-state index in [0.29, 0.717) is 0 Å². The van der Waals surface area contributed by atoms with Crippen LogP contribution < -0.4 is 5.73 Å². The second-order valence-corrected chi connectivity index (χ2v) is 4.56. The van der Waals surface area contributed by atoms with Gasteiger partial charge in [-0.1, -0.05) is 6.08 Å². The fourth-order valence-corrected chi connectivity index (χ4v) is 2.09. The molecule has 1 rings (SSSR count). The quantitative estimate of drug-likeness (QED) is 0.378. The molecule has 7 heteroatoms. The zero-order valence-corrected chi connectivity index (χ0v) is 10.6. The molecule has 2 atom stereocenters. The Morgan fingerprint density at radius 3 is 1.90 bits per heavy atom. The number of rotatable bonds is 2. The number of nitriles is 3. The van der Waals surface area contributed by atoms with Crippen molar-refractivity contribution in [3.05, 3.63) is 22.9 Å². The number of nitrogens with zero attached hydrogens (tertiary/aromatic N) is 3. The maximum absolute atomic E-state index is 9.57. The highest BCUT2D eigenvalue weighted by Crippen LogP contribution is 2.28. The average molecular weight is 274 g/mol. The lowest BCUT2D eigenvalue weighted by Crippen LogP contribution is -2.44. The van der Waals surface area contributed by atoms with Gasteiger partial charge in [-0.05, 0) is 18.8 Å². The fraction of sp³-hybridized carbons (Fsp3) is 0.462. The lowest BCUT2D eigenvalue weighted by atomic mass is 9.82. The average Bonchev–Trinajstić information content (AvgIpc) is 2.43. The van der Waals surface area contributed by atoms with Crippen molar-refractivity contribution in [2.45, 2.75) is 31.2 Å². The van der Waals surface area contributed by atoms with Crippen LogP contribution in [0.15, 0.2) is 22.9 Å². The van der Waals surface area contributed by atoms with E-state index in [1.807, 2.05) is 0 Å². The van der Waals surface area contributed by atoms with Gasteiger partial charge in [0, 0.05) is 0 Å². The van der Waals surface area contributed by atoms with Crippen LogP contribution >= 0.6 is 0 Å². The summed E-state index contributed by atoms with van der Waals surface area (Å²) in [7, 11) is 0. The first kappa shape index (κ1) is 15.7. The highest BCUT2D eigenvalue weighted by molar-refractivity contribution is 5.52. The van der Waals surface area contributed by atoms with Gasteiger partial charge >= 0.3 is 0 Å². The molecule has 1 aliphatic carbocycles. The molecule has 0 aromatic heterocycles. The smallest absolute Gasteiger partial charge is 0.153 e. The summed E-state index contributed by atoms with van der Waals surface area (Å²) in [6, 6.07) is 4.97. The molecule has 2 unspecified atom stereocenters. The summed E-state index contributed by atoms with van der Waals surface area (Å²) in [6.07, 6.45) is -1.70. The number of aliphatic hydroxyl groups is 3. The first-order valence-corrected chi connectivity index (χ1v) is 5.91. The monoisotopic (exact) mass is 274 g/mol. The molecule has 0 amide bonds. The molecule has 0 spiro atoms. The molecule has 0 heterocycles. The third-order valence-electron chi connectivity index (χ3n) is 3.18. The maximum atomic E-state index is 9.57. The number of nitrogens with two attached hydrogens (primary N) is 1. The zero-order valence-electron chi connectivity index (χ0n) is 10.6. The highest BCUT2D eigenvalue weighted by atomic mass is 16.4. The van der Waals surface area contributed by atoms with Crippen molar-refractivity contribution in [1.82, 2.24) is 0 Å². The third kappa shape index (κ3) is 3.34. The third-order valence-corrected chi connectivity index (χ3v) is 3.18. The van der Waals surface area contributed by atoms with Crippen LogP contribution in [0.3, 0.4) is 0 Å². The van der Waals surface area contributed by atoms with Crippen LogP contribution in [0.5, 0.6) is 0 Å². The van der Waals surface area contributed by atoms with E-state index in [1.165, 1.54) is 6.08 Å². The molecule has 20 heavy (non-hydrogen) atoms. The molecule has 0 radical (unpaired) electrons. The number of hydrogen-bond acceptors (Lipinski definition) is 7. The summed E-state index contributed by atoms with van der Waals surface area (Å²) < 4.78 is 0. The van der Waals surface area contributed by atoms with Crippen LogP contribution in [0.4, 0.5) is 0 Å². The van der Waals surface area contributed by atoms with Gasteiger partial charge in [0.1, 0.15) is 24.3 Å². The molecule has 0 aliphatic heterocycles. The Hall–Kier alpha value is -2.37. The van der Waals surface area contributed by atoms with E-state index in [2.05, 4.69) is 0 Å². The summed E-state index contributed by atoms with van der Waals surface area (Å²) >= 11 is 0. The molecule has 0 bridgehead atoms. The molecule has 0 aromatic rings. The molecule has 5 N–H and O–H groups in total. The molecule has 7 nitrogen and oxygen atoms in total. The van der Waals surface area contributed by atoms with Crippen molar-refractivity contribution < 1.29 is 15.3 Å². The van der Waals surface area contributed by atoms with Crippen LogP contribution in [0.25, 0.3) is 0 Å². The molecule has 1 saturated carbocycles. The molecule has 1 aliphatic rings. The summed E-state index contributed by atoms with van der Waals surface area (Å²) in [5.41, 5.74) is 4.93. The van der Waals surface area contributed by atoms with Crippen molar-refractivity contribution in [1.29, 1.82) is 15.8 Å². The van der Waals surface area contributed by atoms with Crippen molar-refractivity contribution in [3.63, 3.8) is 0 Å². The molecular formula is C13H14N4O3. The van der Waals surface area contributed by atoms with E-state index in [1.54, 1.807) is 18.2 Å². The predicted octanol–water partition coefficient (Wildman–Crippen LogP) is -0.811. The number of hydrogen-bond donors (Lipinski definition) is 4. The second-order valence-electron chi connectivity index (χ2n) is 4.56. The lowest BCUT2D eigenvalue weighted by Gasteiger charge is -2.32. The summed E-state index contributed by atoms with van der Waals surface area (Å²) in [5.74, 6) is -0.379. The van der Waals surface area contributed by atoms with Crippen molar-refractivity contribution in [3.8, 4) is 18.2 Å². The summed E-state index contributed by atoms with van der Waals surface area (Å²) in [6.45, 7) is 0. The fourth-order valence-electron chi connectivity index (χ4n) is 2.09. The SMILES string of the molecule is N#CC(C#N)=C(N)/C(C#N)=C/C1CC(O)C(O)C(O)C1. The topological polar surface area (TPSA) is 158 Å². The van der Waals surface area contributed by atoms with Gasteiger partial charge in [-0.15, -0.1) is 0 Å². The van der Waals surface area contributed by atoms with E-state index in [9.17, 15) is 15.3 Å². The van der Waals surface area contributed by atoms with E-state index < -0.39 is 18.3 Å². The van der Waals surface area contributed by atoms with Crippen LogP contribution in [-0.4, -0.2) is 33.6 Å². The molecule has 1 fully saturated rings. The summed E-state index contributed by atoms with van der Waals surface area (Å²) in [5, 5.41) is 55.0. The predicted molar refractivity (Wildman–Crippen MR) is 66.9 cm³/mol. The Kier molecular flexibility index (Phi) is 5.25. The van der Waals surface area contributed by atoms with Crippen LogP contribution in [0, 0.1) is 39.9 Å². The Labute approximate surface area is 116 Å². The Bertz CT molecular complexity index is 534. The van der Waals surface area contributed by atoms with E-state index in [0.717, 1.165) is 0 Å². The first-order chi connectivity index (χ1) is 9.44. The molecule has 0 aromatic carbocycles. The van der Waals surface area contributed by atoms with Crippen LogP contribution in [0.2, 0.25) is 0 Å². The van der Waals surface area contributed by atoms with Gasteiger partial charge in [0.05, 0.1) is 23.5 Å². The minimum absolute atomic E-state index is 0.0520. The Morgan fingerprint density at radius 1 is 1.00 bits per heavy atom. The largest absolute Gasteiger partial charge is 0.396 e. The van der Waals surface area contributed by atoms with Gasteiger partial charge in [-0.25, -0.2) is 0 Å². The van der Waals surface area contributed by atoms with Crippen molar-refractivity contribution >= 4 is 0 Å². The molecule has 0 saturated heterocycles. The summed E-state index contributed by atoms with van der Waals surface area (Å²) in [4.78, 5) is 0. The Balaban J connectivity index is 3.04. The van der Waals surface area contributed by atoms with Gasteiger partial charge in [0.2, 0.25) is 0 Å². The highest BCUT2D eigenvalue weighted by Gasteiger charge is 2.34. The van der Waals surface area contributed by atoms with Gasteiger partial charge < -0.3 is 21.1 Å². The van der Waals surface area contributed by atoms with Gasteiger partial charge in [0.25, 0.3) is 0 Å². The lowest BCUT2D eigenvalue weighted by molar-refractivity contribution is -0.0941. The van der Waals surface area contributed by atoms with E-state index >= 15 is 0 Å². The van der Waals surface area contributed by atoms with Crippen molar-refractivity contribution in [2.75, 3.05) is 0 Å². The Morgan fingerprint density at radius 2 is 1.50 bits per heavy atom. The van der Waals surface area contributed by atoms with Gasteiger partial charge in [0.15, 0.2) is 5.57 Å². The zero-order chi connectivity index (χ0) is 15.3. The van der Waals surface area contributed by atoms with Gasteiger partial charge in [-0.3, -0.25) is 0 Å². The maximum Gasteiger partial charge on any atom is 0.153 e. The van der Waals surface area contributed by atoms with E-state index in [-0.39, 0.29) is 35.6 Å². The minimum Gasteiger partial charge on any atom is -0.396 e. The van der Waals surface area contributed by atoms with Crippen LogP contribution in [-0.2, 0) is 0 Å². The number of allylic oxidation sites excluding steroid dienone is 3. The normalized spacial score (nSPS) is 29.7. The minimum atomic E-state index is -1.22. The molecule has 104 valence electrons. The number of aliphatic hydroxyl groups excluding tert-OH is 3. The molecular weight excluding hydrogens is 260 g/mol. The first-order valence-electron chi connectivity index (χ1n) is 5.91. The van der Waals surface area contributed by atoms with Gasteiger partial charge in [-0.2, -0.15) is 15.8 Å². The van der Waals surface area contributed by atoms with E-state index in [4.69, 9.17) is 21.5 Å². The second kappa shape index (κ2) is 6.70. The standard InChI is InChI=1S/C13H14N4O3/c14-4-8(12(17)9(5-15)6-16)1-7-2-10(18)13(20)11(19)3-7/h1,7,10-11,13,18-20H,2-3,17H2/b8-1+.